The molecule has 1 aromatic heterocycles. The molecule has 3 aromatic rings. The highest BCUT2D eigenvalue weighted by atomic mass is 16.2. The third kappa shape index (κ3) is 4.52. The minimum Gasteiger partial charge on any atom is -0.334 e. The second kappa shape index (κ2) is 8.43. The minimum atomic E-state index is -0.268. The number of rotatable bonds is 5. The SMILES string of the molecule is O=C(C=Cc1ccccc1)Nc1n[nH]c2c1CN(C(=O)NCc1ccccc1)C2. The maximum Gasteiger partial charge on any atom is 0.318 e. The molecule has 1 aliphatic heterocycles. The number of anilines is 1. The molecule has 0 saturated carbocycles. The van der Waals surface area contributed by atoms with Gasteiger partial charge in [0.25, 0.3) is 0 Å². The fourth-order valence-electron chi connectivity index (χ4n) is 3.17. The van der Waals surface area contributed by atoms with Crippen LogP contribution in [-0.4, -0.2) is 27.0 Å². The van der Waals surface area contributed by atoms with Gasteiger partial charge in [0.05, 0.1) is 18.8 Å². The number of fused-ring (bicyclic) bond motifs is 1. The monoisotopic (exact) mass is 387 g/mol. The van der Waals surface area contributed by atoms with E-state index in [2.05, 4.69) is 20.8 Å². The summed E-state index contributed by atoms with van der Waals surface area (Å²) in [6.07, 6.45) is 3.21. The molecule has 0 bridgehead atoms. The average molecular weight is 387 g/mol. The van der Waals surface area contributed by atoms with E-state index in [9.17, 15) is 9.59 Å². The molecule has 0 fully saturated rings. The lowest BCUT2D eigenvalue weighted by Gasteiger charge is -2.16. The lowest BCUT2D eigenvalue weighted by molar-refractivity contribution is -0.111. The van der Waals surface area contributed by atoms with E-state index in [1.165, 1.54) is 6.08 Å². The Bertz CT molecular complexity index is 1030. The van der Waals surface area contributed by atoms with Crippen LogP contribution in [-0.2, 0) is 24.4 Å². The van der Waals surface area contributed by atoms with Crippen LogP contribution in [0.15, 0.2) is 66.7 Å². The van der Waals surface area contributed by atoms with Gasteiger partial charge in [-0.2, -0.15) is 5.10 Å². The van der Waals surface area contributed by atoms with Gasteiger partial charge < -0.3 is 15.5 Å². The zero-order valence-electron chi connectivity index (χ0n) is 15.8. The van der Waals surface area contributed by atoms with E-state index < -0.39 is 0 Å². The molecule has 2 heterocycles. The molecule has 2 aromatic carbocycles. The quantitative estimate of drug-likeness (QED) is 0.587. The summed E-state index contributed by atoms with van der Waals surface area (Å²) in [5.74, 6) is 0.191. The molecular weight excluding hydrogens is 366 g/mol. The van der Waals surface area contributed by atoms with Gasteiger partial charge in [0, 0.05) is 18.2 Å². The van der Waals surface area contributed by atoms with Crippen molar-refractivity contribution in [3.05, 3.63) is 89.1 Å². The number of nitrogens with one attached hydrogen (secondary N) is 3. The number of benzene rings is 2. The number of hydrogen-bond acceptors (Lipinski definition) is 3. The fraction of sp³-hybridized carbons (Fsp3) is 0.136. The number of amides is 3. The Morgan fingerprint density at radius 2 is 1.76 bits per heavy atom. The standard InChI is InChI=1S/C22H21N5O2/c28-20(12-11-16-7-3-1-4-8-16)24-21-18-14-27(15-19(18)25-26-21)22(29)23-13-17-9-5-2-6-10-17/h1-12H,13-15H2,(H,23,29)(H2,24,25,26,28). The molecule has 0 aliphatic carbocycles. The Hall–Kier alpha value is -3.87. The molecule has 7 nitrogen and oxygen atoms in total. The van der Waals surface area contributed by atoms with Crippen LogP contribution in [0.2, 0.25) is 0 Å². The van der Waals surface area contributed by atoms with Gasteiger partial charge in [-0.1, -0.05) is 60.7 Å². The second-order valence-electron chi connectivity index (χ2n) is 6.76. The average Bonchev–Trinajstić information content (AvgIpc) is 3.34. The van der Waals surface area contributed by atoms with Crippen LogP contribution >= 0.6 is 0 Å². The number of aromatic amines is 1. The van der Waals surface area contributed by atoms with Crippen LogP contribution in [0, 0.1) is 0 Å². The van der Waals surface area contributed by atoms with Crippen LogP contribution in [0.1, 0.15) is 22.4 Å². The molecule has 3 N–H and O–H groups in total. The summed E-state index contributed by atoms with van der Waals surface area (Å²) in [7, 11) is 0. The summed E-state index contributed by atoms with van der Waals surface area (Å²) in [5.41, 5.74) is 3.65. The Morgan fingerprint density at radius 1 is 1.03 bits per heavy atom. The van der Waals surface area contributed by atoms with E-state index in [4.69, 9.17) is 0 Å². The maximum absolute atomic E-state index is 12.5. The molecule has 29 heavy (non-hydrogen) atoms. The normalized spacial score (nSPS) is 12.8. The third-order valence-corrected chi connectivity index (χ3v) is 4.69. The van der Waals surface area contributed by atoms with Crippen molar-refractivity contribution >= 4 is 23.8 Å². The maximum atomic E-state index is 12.5. The number of urea groups is 1. The number of carbonyl (C=O) groups excluding carboxylic acids is 2. The molecular formula is C22H21N5O2. The second-order valence-corrected chi connectivity index (χ2v) is 6.76. The first-order valence-corrected chi connectivity index (χ1v) is 9.36. The van der Waals surface area contributed by atoms with Crippen LogP contribution in [0.25, 0.3) is 6.08 Å². The van der Waals surface area contributed by atoms with Gasteiger partial charge in [-0.05, 0) is 17.2 Å². The summed E-state index contributed by atoms with van der Waals surface area (Å²) >= 11 is 0. The molecule has 7 heteroatoms. The van der Waals surface area contributed by atoms with Crippen molar-refractivity contribution in [3.8, 4) is 0 Å². The van der Waals surface area contributed by atoms with Gasteiger partial charge >= 0.3 is 6.03 Å². The van der Waals surface area contributed by atoms with Gasteiger partial charge in [0.15, 0.2) is 5.82 Å². The molecule has 3 amide bonds. The highest BCUT2D eigenvalue weighted by molar-refractivity contribution is 6.01. The molecule has 1 aliphatic rings. The number of hydrogen-bond donors (Lipinski definition) is 3. The van der Waals surface area contributed by atoms with E-state index in [-0.39, 0.29) is 11.9 Å². The van der Waals surface area contributed by atoms with Crippen molar-refractivity contribution in [1.29, 1.82) is 0 Å². The third-order valence-electron chi connectivity index (χ3n) is 4.69. The number of aromatic nitrogens is 2. The van der Waals surface area contributed by atoms with E-state index >= 15 is 0 Å². The number of H-pyrrole nitrogens is 1. The fourth-order valence-corrected chi connectivity index (χ4v) is 3.17. The predicted molar refractivity (Wildman–Crippen MR) is 111 cm³/mol. The molecule has 0 atom stereocenters. The molecule has 0 radical (unpaired) electrons. The number of nitrogens with zero attached hydrogens (tertiary/aromatic N) is 2. The van der Waals surface area contributed by atoms with E-state index in [0.29, 0.717) is 25.5 Å². The van der Waals surface area contributed by atoms with Crippen molar-refractivity contribution in [2.45, 2.75) is 19.6 Å². The first-order chi connectivity index (χ1) is 14.2. The molecule has 0 saturated heterocycles. The van der Waals surface area contributed by atoms with Crippen molar-refractivity contribution in [2.24, 2.45) is 0 Å². The summed E-state index contributed by atoms with van der Waals surface area (Å²) in [5, 5.41) is 12.8. The zero-order chi connectivity index (χ0) is 20.1. The van der Waals surface area contributed by atoms with Gasteiger partial charge in [-0.25, -0.2) is 4.79 Å². The Labute approximate surface area is 168 Å². The highest BCUT2D eigenvalue weighted by Gasteiger charge is 2.28. The van der Waals surface area contributed by atoms with E-state index in [1.54, 1.807) is 11.0 Å². The highest BCUT2D eigenvalue weighted by Crippen LogP contribution is 2.27. The van der Waals surface area contributed by atoms with Crippen molar-refractivity contribution in [2.75, 3.05) is 5.32 Å². The van der Waals surface area contributed by atoms with E-state index in [1.807, 2.05) is 60.7 Å². The summed E-state index contributed by atoms with van der Waals surface area (Å²) in [6, 6.07) is 19.2. The van der Waals surface area contributed by atoms with Crippen LogP contribution in [0.5, 0.6) is 0 Å². The van der Waals surface area contributed by atoms with Crippen LogP contribution in [0.3, 0.4) is 0 Å². The van der Waals surface area contributed by atoms with Crippen molar-refractivity contribution in [1.82, 2.24) is 20.4 Å². The Balaban J connectivity index is 1.33. The van der Waals surface area contributed by atoms with Gasteiger partial charge in [-0.15, -0.1) is 0 Å². The van der Waals surface area contributed by atoms with Crippen molar-refractivity contribution in [3.63, 3.8) is 0 Å². The Kier molecular flexibility index (Phi) is 5.38. The van der Waals surface area contributed by atoms with Gasteiger partial charge in [-0.3, -0.25) is 9.89 Å². The lowest BCUT2D eigenvalue weighted by atomic mass is 10.2. The lowest BCUT2D eigenvalue weighted by Crippen LogP contribution is -2.36. The number of carbonyl (C=O) groups is 2. The van der Waals surface area contributed by atoms with Gasteiger partial charge in [0.2, 0.25) is 5.91 Å². The van der Waals surface area contributed by atoms with Crippen LogP contribution < -0.4 is 10.6 Å². The molecule has 146 valence electrons. The largest absolute Gasteiger partial charge is 0.334 e. The topological polar surface area (TPSA) is 90.1 Å². The van der Waals surface area contributed by atoms with E-state index in [0.717, 1.165) is 22.4 Å². The Morgan fingerprint density at radius 3 is 2.52 bits per heavy atom. The predicted octanol–water partition coefficient (Wildman–Crippen LogP) is 3.29. The first kappa shape index (κ1) is 18.5. The molecule has 0 spiro atoms. The molecule has 4 rings (SSSR count). The van der Waals surface area contributed by atoms with Crippen molar-refractivity contribution < 1.29 is 9.59 Å². The molecule has 0 unspecified atom stereocenters. The first-order valence-electron chi connectivity index (χ1n) is 9.36. The minimum absolute atomic E-state index is 0.153. The summed E-state index contributed by atoms with van der Waals surface area (Å²) in [6.45, 7) is 1.29. The summed E-state index contributed by atoms with van der Waals surface area (Å²) in [4.78, 5) is 26.4. The van der Waals surface area contributed by atoms with Crippen LogP contribution in [0.4, 0.5) is 10.6 Å². The van der Waals surface area contributed by atoms with Gasteiger partial charge in [0.1, 0.15) is 0 Å². The zero-order valence-corrected chi connectivity index (χ0v) is 15.8. The smallest absolute Gasteiger partial charge is 0.318 e. The summed E-state index contributed by atoms with van der Waals surface area (Å²) < 4.78 is 0.